The average molecular weight is 322 g/mol. The SMILES string of the molecule is CC1=C(C)[C@@]2(C)[C@H]3[C@H]([C@H]4O[C@H]3c3ccccc34)[C@@]1(C)C(=O)C2(C)C. The molecule has 0 N–H and O–H groups in total. The molecule has 2 nitrogen and oxygen atoms in total. The Kier molecular flexibility index (Phi) is 2.41. The zero-order valence-electron chi connectivity index (χ0n) is 15.4. The van der Waals surface area contributed by atoms with Gasteiger partial charge in [-0.15, -0.1) is 0 Å². The Morgan fingerprint density at radius 3 is 2.00 bits per heavy atom. The van der Waals surface area contributed by atoms with Crippen molar-refractivity contribution in [2.75, 3.05) is 0 Å². The lowest BCUT2D eigenvalue weighted by atomic mass is 9.34. The summed E-state index contributed by atoms with van der Waals surface area (Å²) in [4.78, 5) is 13.6. The quantitative estimate of drug-likeness (QED) is 0.627. The molecule has 2 heteroatoms. The van der Waals surface area contributed by atoms with E-state index < -0.39 is 5.41 Å². The van der Waals surface area contributed by atoms with Crippen LogP contribution in [-0.2, 0) is 9.53 Å². The van der Waals surface area contributed by atoms with E-state index >= 15 is 0 Å². The maximum absolute atomic E-state index is 13.6. The number of benzene rings is 1. The van der Waals surface area contributed by atoms with Crippen LogP contribution in [0.4, 0.5) is 0 Å². The monoisotopic (exact) mass is 322 g/mol. The third-order valence-corrected chi connectivity index (χ3v) is 8.73. The van der Waals surface area contributed by atoms with Crippen LogP contribution in [0.3, 0.4) is 0 Å². The van der Waals surface area contributed by atoms with E-state index in [4.69, 9.17) is 4.74 Å². The second-order valence-corrected chi connectivity index (χ2v) is 9.27. The second-order valence-electron chi connectivity index (χ2n) is 9.27. The van der Waals surface area contributed by atoms with Crippen LogP contribution in [0.1, 0.15) is 64.9 Å². The number of hydrogen-bond acceptors (Lipinski definition) is 2. The summed E-state index contributed by atoms with van der Waals surface area (Å²) in [6.45, 7) is 13.3. The smallest absolute Gasteiger partial charge is 0.149 e. The molecule has 1 saturated carbocycles. The summed E-state index contributed by atoms with van der Waals surface area (Å²) in [5, 5.41) is 0. The van der Waals surface area contributed by atoms with Crippen molar-refractivity contribution in [3.8, 4) is 0 Å². The van der Waals surface area contributed by atoms with E-state index in [1.165, 1.54) is 22.3 Å². The molecule has 6 atom stereocenters. The highest BCUT2D eigenvalue weighted by Crippen LogP contribution is 2.78. The summed E-state index contributed by atoms with van der Waals surface area (Å²) in [6.07, 6.45) is 0.208. The van der Waals surface area contributed by atoms with Crippen LogP contribution < -0.4 is 0 Å². The first kappa shape index (κ1) is 14.9. The number of carbonyl (C=O) groups is 1. The molecule has 2 fully saturated rings. The van der Waals surface area contributed by atoms with E-state index in [1.807, 2.05) is 0 Å². The van der Waals surface area contributed by atoms with Gasteiger partial charge in [-0.3, -0.25) is 4.79 Å². The summed E-state index contributed by atoms with van der Waals surface area (Å²) < 4.78 is 6.56. The number of ether oxygens (including phenoxy) is 1. The van der Waals surface area contributed by atoms with Crippen LogP contribution >= 0.6 is 0 Å². The fourth-order valence-corrected chi connectivity index (χ4v) is 6.96. The van der Waals surface area contributed by atoms with Crippen molar-refractivity contribution >= 4 is 5.78 Å². The van der Waals surface area contributed by atoms with E-state index in [-0.39, 0.29) is 29.0 Å². The molecule has 1 saturated heterocycles. The predicted octanol–water partition coefficient (Wildman–Crippen LogP) is 5.02. The lowest BCUT2D eigenvalue weighted by Crippen LogP contribution is -2.67. The van der Waals surface area contributed by atoms with Gasteiger partial charge in [0.2, 0.25) is 0 Å². The predicted molar refractivity (Wildman–Crippen MR) is 93.4 cm³/mol. The number of ketones is 1. The fraction of sp³-hybridized carbons (Fsp3) is 0.591. The molecule has 0 amide bonds. The Bertz CT molecular complexity index is 832. The van der Waals surface area contributed by atoms with E-state index in [1.54, 1.807) is 0 Å². The van der Waals surface area contributed by atoms with E-state index in [0.717, 1.165) is 0 Å². The van der Waals surface area contributed by atoms with Crippen molar-refractivity contribution in [2.24, 2.45) is 28.1 Å². The van der Waals surface area contributed by atoms with Gasteiger partial charge in [-0.1, -0.05) is 56.2 Å². The van der Waals surface area contributed by atoms with Gasteiger partial charge in [-0.25, -0.2) is 0 Å². The minimum atomic E-state index is -0.400. The van der Waals surface area contributed by atoms with Gasteiger partial charge in [0.25, 0.3) is 0 Å². The highest BCUT2D eigenvalue weighted by Gasteiger charge is 2.76. The largest absolute Gasteiger partial charge is 0.365 e. The van der Waals surface area contributed by atoms with Gasteiger partial charge in [0.1, 0.15) is 5.78 Å². The Morgan fingerprint density at radius 2 is 1.42 bits per heavy atom. The van der Waals surface area contributed by atoms with Gasteiger partial charge >= 0.3 is 0 Å². The van der Waals surface area contributed by atoms with Gasteiger partial charge < -0.3 is 4.74 Å². The number of fused-ring (bicyclic) bond motifs is 6. The number of rotatable bonds is 0. The lowest BCUT2D eigenvalue weighted by molar-refractivity contribution is -0.167. The summed E-state index contributed by atoms with van der Waals surface area (Å²) in [6, 6.07) is 8.65. The first-order valence-corrected chi connectivity index (χ1v) is 9.16. The summed E-state index contributed by atoms with van der Waals surface area (Å²) in [5.74, 6) is 1.07. The normalized spacial score (nSPS) is 47.2. The van der Waals surface area contributed by atoms with E-state index in [0.29, 0.717) is 11.7 Å². The summed E-state index contributed by atoms with van der Waals surface area (Å²) in [5.41, 5.74) is 4.50. The topological polar surface area (TPSA) is 26.3 Å². The maximum Gasteiger partial charge on any atom is 0.149 e. The average Bonchev–Trinajstić information content (AvgIpc) is 3.13. The Hall–Kier alpha value is -1.41. The van der Waals surface area contributed by atoms with Gasteiger partial charge in [0.15, 0.2) is 0 Å². The molecule has 0 aromatic heterocycles. The zero-order chi connectivity index (χ0) is 17.2. The molecule has 2 heterocycles. The van der Waals surface area contributed by atoms with Crippen LogP contribution in [0.15, 0.2) is 35.4 Å². The molecule has 24 heavy (non-hydrogen) atoms. The lowest BCUT2D eigenvalue weighted by Gasteiger charge is -2.66. The minimum Gasteiger partial charge on any atom is -0.365 e. The Morgan fingerprint density at radius 1 is 0.875 bits per heavy atom. The Labute approximate surface area is 144 Å². The van der Waals surface area contributed by atoms with Crippen molar-refractivity contribution in [1.29, 1.82) is 0 Å². The second kappa shape index (κ2) is 3.88. The van der Waals surface area contributed by atoms with Crippen molar-refractivity contribution in [3.05, 3.63) is 46.5 Å². The number of Topliss-reactive ketones (excluding diaryl/α,β-unsaturated/α-hetero) is 1. The highest BCUT2D eigenvalue weighted by atomic mass is 16.5. The van der Waals surface area contributed by atoms with Gasteiger partial charge in [-0.2, -0.15) is 0 Å². The van der Waals surface area contributed by atoms with Crippen LogP contribution in [0.2, 0.25) is 0 Å². The first-order chi connectivity index (χ1) is 11.2. The van der Waals surface area contributed by atoms with Gasteiger partial charge in [0, 0.05) is 22.7 Å². The standard InChI is InChI=1S/C22H26O2/c1-11-12(2)22(6)16-15(21(11,5)19(23)20(22,3)4)17-13-9-7-8-10-14(13)18(16)24-17/h7-10,15-18H,1-6H3/t15-,16+,17+,18+,21+,22+/m1/s1. The molecule has 1 aromatic carbocycles. The fourth-order valence-electron chi connectivity index (χ4n) is 6.96. The molecule has 0 unspecified atom stereocenters. The van der Waals surface area contributed by atoms with Crippen molar-refractivity contribution in [3.63, 3.8) is 0 Å². The van der Waals surface area contributed by atoms with E-state index in [2.05, 4.69) is 65.8 Å². The molecule has 1 aromatic rings. The molecule has 5 aliphatic rings. The van der Waals surface area contributed by atoms with Gasteiger partial charge in [0.05, 0.1) is 17.6 Å². The molecule has 3 aliphatic carbocycles. The molecule has 2 aliphatic heterocycles. The zero-order valence-corrected chi connectivity index (χ0v) is 15.4. The van der Waals surface area contributed by atoms with Crippen LogP contribution in [0, 0.1) is 28.1 Å². The third kappa shape index (κ3) is 1.16. The molecule has 6 rings (SSSR count). The molecule has 4 bridgehead atoms. The molecule has 0 spiro atoms. The number of carbonyl (C=O) groups excluding carboxylic acids is 1. The van der Waals surface area contributed by atoms with Crippen LogP contribution in [0.25, 0.3) is 0 Å². The van der Waals surface area contributed by atoms with Crippen molar-refractivity contribution in [2.45, 2.75) is 53.8 Å². The minimum absolute atomic E-state index is 0.0728. The highest BCUT2D eigenvalue weighted by molar-refractivity contribution is 5.97. The Balaban J connectivity index is 1.85. The summed E-state index contributed by atoms with van der Waals surface area (Å²) in [7, 11) is 0. The molecule has 126 valence electrons. The van der Waals surface area contributed by atoms with Gasteiger partial charge in [-0.05, 0) is 31.9 Å². The number of allylic oxidation sites excluding steroid dienone is 2. The van der Waals surface area contributed by atoms with Crippen LogP contribution in [-0.4, -0.2) is 5.78 Å². The maximum atomic E-state index is 13.6. The third-order valence-electron chi connectivity index (χ3n) is 8.73. The molecule has 0 radical (unpaired) electrons. The van der Waals surface area contributed by atoms with E-state index in [9.17, 15) is 4.79 Å². The van der Waals surface area contributed by atoms with Crippen molar-refractivity contribution in [1.82, 2.24) is 0 Å². The summed E-state index contributed by atoms with van der Waals surface area (Å²) >= 11 is 0. The number of hydrogen-bond donors (Lipinski definition) is 0. The van der Waals surface area contributed by atoms with Crippen LogP contribution in [0.5, 0.6) is 0 Å². The van der Waals surface area contributed by atoms with Crippen molar-refractivity contribution < 1.29 is 9.53 Å². The molecular weight excluding hydrogens is 296 g/mol. The first-order valence-electron chi connectivity index (χ1n) is 9.16. The molecular formula is C22H26O2.